The molecule has 6 heteroatoms. The molecule has 3 unspecified atom stereocenters. The lowest BCUT2D eigenvalue weighted by Crippen LogP contribution is -2.47. The van der Waals surface area contributed by atoms with Gasteiger partial charge in [0, 0.05) is 6.54 Å². The molecule has 0 bridgehead atoms. The Labute approximate surface area is 158 Å². The Morgan fingerprint density at radius 1 is 1.19 bits per heavy atom. The number of nitrogens with zero attached hydrogens (tertiary/aromatic N) is 1. The Bertz CT molecular complexity index is 713. The van der Waals surface area contributed by atoms with Crippen molar-refractivity contribution >= 4 is 15.9 Å². The van der Waals surface area contributed by atoms with Crippen molar-refractivity contribution < 1.29 is 13.2 Å². The monoisotopic (exact) mass is 380 g/mol. The first-order valence-electron chi connectivity index (χ1n) is 9.52. The van der Waals surface area contributed by atoms with Crippen molar-refractivity contribution in [2.24, 2.45) is 5.92 Å². The molecule has 0 saturated carbocycles. The zero-order valence-corrected chi connectivity index (χ0v) is 17.3. The van der Waals surface area contributed by atoms with Crippen molar-refractivity contribution in [1.29, 1.82) is 0 Å². The van der Waals surface area contributed by atoms with Crippen LogP contribution in [0.4, 0.5) is 0 Å². The number of benzene rings is 1. The van der Waals surface area contributed by atoms with Crippen molar-refractivity contribution in [3.05, 3.63) is 35.4 Å². The first kappa shape index (κ1) is 20.9. The number of rotatable bonds is 7. The minimum atomic E-state index is -3.36. The summed E-state index contributed by atoms with van der Waals surface area (Å²) in [5.41, 5.74) is 2.36. The molecule has 26 heavy (non-hydrogen) atoms. The number of nitrogens with one attached hydrogen (secondary N) is 1. The lowest BCUT2D eigenvalue weighted by Gasteiger charge is -2.27. The van der Waals surface area contributed by atoms with Gasteiger partial charge in [-0.1, -0.05) is 52.0 Å². The molecule has 1 aromatic rings. The summed E-state index contributed by atoms with van der Waals surface area (Å²) in [7, 11) is -3.36. The molecule has 1 saturated heterocycles. The molecule has 146 valence electrons. The molecule has 1 aliphatic heterocycles. The van der Waals surface area contributed by atoms with Crippen LogP contribution in [-0.2, 0) is 14.8 Å². The Morgan fingerprint density at radius 2 is 1.77 bits per heavy atom. The van der Waals surface area contributed by atoms with Gasteiger partial charge in [-0.05, 0) is 42.2 Å². The van der Waals surface area contributed by atoms with Crippen LogP contribution in [0, 0.1) is 5.92 Å². The number of sulfonamides is 1. The van der Waals surface area contributed by atoms with Crippen LogP contribution in [0.2, 0.25) is 0 Å². The fourth-order valence-corrected chi connectivity index (χ4v) is 4.68. The summed E-state index contributed by atoms with van der Waals surface area (Å²) in [6.45, 7) is 8.93. The molecule has 0 spiro atoms. The SMILES string of the molecule is CCC(C)c1ccc(C(NC(=O)C2CCCN2S(C)(=O)=O)C(C)C)cc1. The van der Waals surface area contributed by atoms with E-state index in [0.717, 1.165) is 18.4 Å². The predicted molar refractivity (Wildman–Crippen MR) is 105 cm³/mol. The maximum atomic E-state index is 12.8. The van der Waals surface area contributed by atoms with Crippen LogP contribution in [0.3, 0.4) is 0 Å². The standard InChI is InChI=1S/C20H32N2O3S/c1-6-15(4)16-9-11-17(12-10-16)19(14(2)3)21-20(23)18-8-7-13-22(18)26(5,24)25/h9-12,14-15,18-19H,6-8,13H2,1-5H3,(H,21,23). The van der Waals surface area contributed by atoms with E-state index >= 15 is 0 Å². The Balaban J connectivity index is 2.16. The summed E-state index contributed by atoms with van der Waals surface area (Å²) in [6, 6.07) is 7.69. The highest BCUT2D eigenvalue weighted by atomic mass is 32.2. The Morgan fingerprint density at radius 3 is 2.27 bits per heavy atom. The number of carbonyl (C=O) groups excluding carboxylic acids is 1. The molecule has 0 radical (unpaired) electrons. The van der Waals surface area contributed by atoms with E-state index in [0.29, 0.717) is 18.9 Å². The topological polar surface area (TPSA) is 66.5 Å². The second-order valence-corrected chi connectivity index (χ2v) is 9.67. The number of hydrogen-bond acceptors (Lipinski definition) is 3. The average Bonchev–Trinajstić information content (AvgIpc) is 3.09. The molecule has 1 aromatic carbocycles. The van der Waals surface area contributed by atoms with E-state index in [2.05, 4.69) is 57.3 Å². The molecule has 3 atom stereocenters. The second-order valence-electron chi connectivity index (χ2n) is 7.74. The largest absolute Gasteiger partial charge is 0.348 e. The minimum Gasteiger partial charge on any atom is -0.348 e. The highest BCUT2D eigenvalue weighted by Gasteiger charge is 2.37. The second kappa shape index (κ2) is 8.53. The molecule has 1 N–H and O–H groups in total. The highest BCUT2D eigenvalue weighted by Crippen LogP contribution is 2.27. The van der Waals surface area contributed by atoms with Crippen LogP contribution in [0.5, 0.6) is 0 Å². The van der Waals surface area contributed by atoms with Crippen LogP contribution < -0.4 is 5.32 Å². The molecule has 2 rings (SSSR count). The molecular weight excluding hydrogens is 348 g/mol. The van der Waals surface area contributed by atoms with Gasteiger partial charge in [0.15, 0.2) is 0 Å². The molecule has 5 nitrogen and oxygen atoms in total. The first-order valence-corrected chi connectivity index (χ1v) is 11.4. The fourth-order valence-electron chi connectivity index (χ4n) is 3.55. The molecular formula is C20H32N2O3S. The van der Waals surface area contributed by atoms with Crippen molar-refractivity contribution in [3.8, 4) is 0 Å². The summed E-state index contributed by atoms with van der Waals surface area (Å²) in [6.07, 6.45) is 3.57. The average molecular weight is 381 g/mol. The highest BCUT2D eigenvalue weighted by molar-refractivity contribution is 7.88. The van der Waals surface area contributed by atoms with Gasteiger partial charge in [0.1, 0.15) is 6.04 Å². The van der Waals surface area contributed by atoms with Crippen LogP contribution in [0.1, 0.15) is 70.0 Å². The van der Waals surface area contributed by atoms with Crippen molar-refractivity contribution in [3.63, 3.8) is 0 Å². The van der Waals surface area contributed by atoms with Crippen LogP contribution in [0.25, 0.3) is 0 Å². The van der Waals surface area contributed by atoms with Gasteiger partial charge in [-0.3, -0.25) is 4.79 Å². The quantitative estimate of drug-likeness (QED) is 0.788. The lowest BCUT2D eigenvalue weighted by atomic mass is 9.92. The number of hydrogen-bond donors (Lipinski definition) is 1. The smallest absolute Gasteiger partial charge is 0.238 e. The summed E-state index contributed by atoms with van der Waals surface area (Å²) >= 11 is 0. The van der Waals surface area contributed by atoms with Gasteiger partial charge in [0.05, 0.1) is 12.3 Å². The van der Waals surface area contributed by atoms with E-state index in [-0.39, 0.29) is 17.9 Å². The summed E-state index contributed by atoms with van der Waals surface area (Å²) in [5.74, 6) is 0.525. The van der Waals surface area contributed by atoms with Crippen LogP contribution in [-0.4, -0.2) is 37.5 Å². The first-order chi connectivity index (χ1) is 12.1. The van der Waals surface area contributed by atoms with E-state index in [1.54, 1.807) is 0 Å². The summed E-state index contributed by atoms with van der Waals surface area (Å²) < 4.78 is 25.2. The van der Waals surface area contributed by atoms with E-state index in [4.69, 9.17) is 0 Å². The molecule has 1 heterocycles. The number of carbonyl (C=O) groups is 1. The van der Waals surface area contributed by atoms with E-state index in [1.165, 1.54) is 16.1 Å². The van der Waals surface area contributed by atoms with Crippen molar-refractivity contribution in [1.82, 2.24) is 9.62 Å². The maximum Gasteiger partial charge on any atom is 0.238 e. The minimum absolute atomic E-state index is 0.129. The third kappa shape index (κ3) is 4.86. The van der Waals surface area contributed by atoms with Gasteiger partial charge in [-0.15, -0.1) is 0 Å². The molecule has 1 amide bonds. The van der Waals surface area contributed by atoms with E-state index in [1.807, 2.05) is 0 Å². The normalized spacial score (nSPS) is 20.9. The third-order valence-corrected chi connectivity index (χ3v) is 6.66. The Kier molecular flexibility index (Phi) is 6.86. The Hall–Kier alpha value is -1.40. The van der Waals surface area contributed by atoms with Crippen molar-refractivity contribution in [2.75, 3.05) is 12.8 Å². The van der Waals surface area contributed by atoms with Gasteiger partial charge < -0.3 is 5.32 Å². The van der Waals surface area contributed by atoms with Gasteiger partial charge in [0.25, 0.3) is 0 Å². The molecule has 0 aromatic heterocycles. The third-order valence-electron chi connectivity index (χ3n) is 5.37. The van der Waals surface area contributed by atoms with Gasteiger partial charge in [-0.2, -0.15) is 4.31 Å². The zero-order valence-electron chi connectivity index (χ0n) is 16.5. The van der Waals surface area contributed by atoms with Gasteiger partial charge in [-0.25, -0.2) is 8.42 Å². The van der Waals surface area contributed by atoms with E-state index in [9.17, 15) is 13.2 Å². The predicted octanol–water partition coefficient (Wildman–Crippen LogP) is 3.44. The van der Waals surface area contributed by atoms with E-state index < -0.39 is 16.1 Å². The summed E-state index contributed by atoms with van der Waals surface area (Å²) in [5, 5.41) is 3.09. The fraction of sp³-hybridized carbons (Fsp3) is 0.650. The zero-order chi connectivity index (χ0) is 19.5. The number of amides is 1. The van der Waals surface area contributed by atoms with Gasteiger partial charge >= 0.3 is 0 Å². The molecule has 1 fully saturated rings. The maximum absolute atomic E-state index is 12.8. The van der Waals surface area contributed by atoms with Crippen LogP contribution in [0.15, 0.2) is 24.3 Å². The van der Waals surface area contributed by atoms with Crippen LogP contribution >= 0.6 is 0 Å². The van der Waals surface area contributed by atoms with Crippen molar-refractivity contribution in [2.45, 2.75) is 65.0 Å². The molecule has 0 aliphatic carbocycles. The van der Waals surface area contributed by atoms with Gasteiger partial charge in [0.2, 0.25) is 15.9 Å². The lowest BCUT2D eigenvalue weighted by molar-refractivity contribution is -0.125. The summed E-state index contributed by atoms with van der Waals surface area (Å²) in [4.78, 5) is 12.8. The molecule has 1 aliphatic rings.